The van der Waals surface area contributed by atoms with Gasteiger partial charge in [-0.25, -0.2) is 0 Å². The summed E-state index contributed by atoms with van der Waals surface area (Å²) in [6.45, 7) is 5.52. The van der Waals surface area contributed by atoms with E-state index in [1.165, 1.54) is 0 Å². The molecule has 0 atom stereocenters. The van der Waals surface area contributed by atoms with Crippen LogP contribution in [0.2, 0.25) is 0 Å². The quantitative estimate of drug-likeness (QED) is 0.535. The average Bonchev–Trinajstić information content (AvgIpc) is 3.26. The summed E-state index contributed by atoms with van der Waals surface area (Å²) in [5.41, 5.74) is 1.09. The number of benzene rings is 1. The zero-order valence-electron chi connectivity index (χ0n) is 11.7. The minimum absolute atomic E-state index is 0.135. The highest BCUT2D eigenvalue weighted by molar-refractivity contribution is 5.76. The minimum Gasteiger partial charge on any atom is -0.489 e. The number of amides is 1. The second-order valence-electron chi connectivity index (χ2n) is 4.98. The Morgan fingerprint density at radius 2 is 2.20 bits per heavy atom. The van der Waals surface area contributed by atoms with E-state index in [9.17, 15) is 4.79 Å². The van der Waals surface area contributed by atoms with E-state index >= 15 is 0 Å². The Morgan fingerprint density at radius 3 is 2.95 bits per heavy atom. The van der Waals surface area contributed by atoms with Crippen LogP contribution in [0.15, 0.2) is 36.9 Å². The summed E-state index contributed by atoms with van der Waals surface area (Å²) >= 11 is 0. The fourth-order valence-corrected chi connectivity index (χ4v) is 1.89. The molecule has 1 fully saturated rings. The summed E-state index contributed by atoms with van der Waals surface area (Å²) in [5.74, 6) is 0.999. The molecule has 20 heavy (non-hydrogen) atoms. The van der Waals surface area contributed by atoms with Crippen molar-refractivity contribution in [3.8, 4) is 5.75 Å². The number of carbonyl (C=O) groups excluding carboxylic acids is 1. The van der Waals surface area contributed by atoms with E-state index in [1.807, 2.05) is 24.3 Å². The molecule has 0 aliphatic heterocycles. The van der Waals surface area contributed by atoms with Gasteiger partial charge in [0.25, 0.3) is 0 Å². The molecule has 2 N–H and O–H groups in total. The molecule has 1 aliphatic rings. The molecular weight excluding hydrogens is 252 g/mol. The molecule has 2 rings (SSSR count). The highest BCUT2D eigenvalue weighted by Gasteiger charge is 2.22. The van der Waals surface area contributed by atoms with Gasteiger partial charge in [-0.05, 0) is 18.9 Å². The number of rotatable bonds is 9. The molecule has 0 unspecified atom stereocenters. The van der Waals surface area contributed by atoms with Crippen molar-refractivity contribution in [1.29, 1.82) is 0 Å². The number of ether oxygens (including phenoxy) is 1. The SMILES string of the molecule is C=CCOc1ccccc1CNCCC(=O)NC1CC1. The van der Waals surface area contributed by atoms with Gasteiger partial charge >= 0.3 is 0 Å². The van der Waals surface area contributed by atoms with Gasteiger partial charge in [0.05, 0.1) is 0 Å². The van der Waals surface area contributed by atoms with Gasteiger partial charge in [-0.1, -0.05) is 30.9 Å². The molecule has 4 nitrogen and oxygen atoms in total. The van der Waals surface area contributed by atoms with Crippen LogP contribution < -0.4 is 15.4 Å². The predicted molar refractivity (Wildman–Crippen MR) is 79.6 cm³/mol. The van der Waals surface area contributed by atoms with Crippen molar-refractivity contribution < 1.29 is 9.53 Å². The molecule has 0 heterocycles. The van der Waals surface area contributed by atoms with Gasteiger partial charge in [-0.2, -0.15) is 0 Å². The Balaban J connectivity index is 1.69. The van der Waals surface area contributed by atoms with Crippen molar-refractivity contribution in [1.82, 2.24) is 10.6 Å². The van der Waals surface area contributed by atoms with E-state index in [4.69, 9.17) is 4.74 Å². The van der Waals surface area contributed by atoms with Gasteiger partial charge in [0.2, 0.25) is 5.91 Å². The Bertz CT molecular complexity index is 456. The van der Waals surface area contributed by atoms with Gasteiger partial charge in [-0.15, -0.1) is 0 Å². The summed E-state index contributed by atoms with van der Waals surface area (Å²) in [5, 5.41) is 6.25. The fourth-order valence-electron chi connectivity index (χ4n) is 1.89. The molecule has 108 valence electrons. The largest absolute Gasteiger partial charge is 0.489 e. The summed E-state index contributed by atoms with van der Waals surface area (Å²) in [6.07, 6.45) is 4.51. The highest BCUT2D eigenvalue weighted by Crippen LogP contribution is 2.19. The van der Waals surface area contributed by atoms with Crippen molar-refractivity contribution >= 4 is 5.91 Å². The molecular formula is C16H22N2O2. The number of nitrogens with one attached hydrogen (secondary N) is 2. The number of hydrogen-bond donors (Lipinski definition) is 2. The summed E-state index contributed by atoms with van der Waals surface area (Å²) in [4.78, 5) is 11.5. The van der Waals surface area contributed by atoms with Crippen LogP contribution in [-0.2, 0) is 11.3 Å². The van der Waals surface area contributed by atoms with Crippen LogP contribution in [0.1, 0.15) is 24.8 Å². The van der Waals surface area contributed by atoms with E-state index in [0.29, 0.717) is 32.2 Å². The second kappa shape index (κ2) is 7.70. The van der Waals surface area contributed by atoms with Crippen molar-refractivity contribution in [2.24, 2.45) is 0 Å². The lowest BCUT2D eigenvalue weighted by molar-refractivity contribution is -0.121. The Kier molecular flexibility index (Phi) is 5.62. The lowest BCUT2D eigenvalue weighted by atomic mass is 10.2. The summed E-state index contributed by atoms with van der Waals surface area (Å²) in [6, 6.07) is 8.34. The molecule has 0 saturated heterocycles. The van der Waals surface area contributed by atoms with Gasteiger partial charge in [-0.3, -0.25) is 4.79 Å². The van der Waals surface area contributed by atoms with E-state index in [0.717, 1.165) is 24.2 Å². The van der Waals surface area contributed by atoms with Gasteiger partial charge < -0.3 is 15.4 Å². The van der Waals surface area contributed by atoms with E-state index in [1.54, 1.807) is 6.08 Å². The predicted octanol–water partition coefficient (Wildman–Crippen LogP) is 2.01. The Hall–Kier alpha value is -1.81. The van der Waals surface area contributed by atoms with Crippen LogP contribution in [0.5, 0.6) is 5.75 Å². The molecule has 1 aromatic rings. The van der Waals surface area contributed by atoms with E-state index in [-0.39, 0.29) is 5.91 Å². The maximum Gasteiger partial charge on any atom is 0.221 e. The molecule has 1 saturated carbocycles. The first-order valence-electron chi connectivity index (χ1n) is 7.11. The third-order valence-corrected chi connectivity index (χ3v) is 3.12. The van der Waals surface area contributed by atoms with E-state index < -0.39 is 0 Å². The fraction of sp³-hybridized carbons (Fsp3) is 0.438. The summed E-state index contributed by atoms with van der Waals surface area (Å²) in [7, 11) is 0. The number of carbonyl (C=O) groups is 1. The van der Waals surface area contributed by atoms with Crippen LogP contribution in [0.4, 0.5) is 0 Å². The van der Waals surface area contributed by atoms with Crippen LogP contribution in [0.3, 0.4) is 0 Å². The van der Waals surface area contributed by atoms with Crippen molar-refractivity contribution in [3.63, 3.8) is 0 Å². The summed E-state index contributed by atoms with van der Waals surface area (Å²) < 4.78 is 5.59. The third-order valence-electron chi connectivity index (χ3n) is 3.12. The van der Waals surface area contributed by atoms with Gasteiger partial charge in [0.1, 0.15) is 12.4 Å². The standard InChI is InChI=1S/C16H22N2O2/c1-2-11-20-15-6-4-3-5-13(15)12-17-10-9-16(19)18-14-7-8-14/h2-6,14,17H,1,7-12H2,(H,18,19). The lowest BCUT2D eigenvalue weighted by Gasteiger charge is -2.11. The zero-order chi connectivity index (χ0) is 14.2. The molecule has 0 aromatic heterocycles. The molecule has 0 radical (unpaired) electrons. The molecule has 0 bridgehead atoms. The monoisotopic (exact) mass is 274 g/mol. The molecule has 1 amide bonds. The second-order valence-corrected chi connectivity index (χ2v) is 4.98. The molecule has 1 aliphatic carbocycles. The number of para-hydroxylation sites is 1. The van der Waals surface area contributed by atoms with Crippen LogP contribution in [0.25, 0.3) is 0 Å². The Labute approximate surface area is 120 Å². The lowest BCUT2D eigenvalue weighted by Crippen LogP contribution is -2.29. The van der Waals surface area contributed by atoms with Crippen molar-refractivity contribution in [2.75, 3.05) is 13.2 Å². The van der Waals surface area contributed by atoms with Crippen LogP contribution in [-0.4, -0.2) is 25.1 Å². The van der Waals surface area contributed by atoms with Gasteiger partial charge in [0, 0.05) is 31.1 Å². The first kappa shape index (κ1) is 14.6. The third kappa shape index (κ3) is 5.05. The molecule has 4 heteroatoms. The molecule has 1 aromatic carbocycles. The average molecular weight is 274 g/mol. The van der Waals surface area contributed by atoms with Crippen LogP contribution in [0, 0.1) is 0 Å². The molecule has 0 spiro atoms. The number of hydrogen-bond acceptors (Lipinski definition) is 3. The maximum atomic E-state index is 11.5. The Morgan fingerprint density at radius 1 is 1.40 bits per heavy atom. The van der Waals surface area contributed by atoms with E-state index in [2.05, 4.69) is 17.2 Å². The smallest absolute Gasteiger partial charge is 0.221 e. The van der Waals surface area contributed by atoms with Gasteiger partial charge in [0.15, 0.2) is 0 Å². The van der Waals surface area contributed by atoms with Crippen molar-refractivity contribution in [2.45, 2.75) is 31.8 Å². The highest BCUT2D eigenvalue weighted by atomic mass is 16.5. The maximum absolute atomic E-state index is 11.5. The first-order valence-corrected chi connectivity index (χ1v) is 7.11. The van der Waals surface area contributed by atoms with Crippen LogP contribution >= 0.6 is 0 Å². The normalized spacial score (nSPS) is 13.8. The first-order chi connectivity index (χ1) is 9.79. The minimum atomic E-state index is 0.135. The van der Waals surface area contributed by atoms with Crippen molar-refractivity contribution in [3.05, 3.63) is 42.5 Å². The zero-order valence-corrected chi connectivity index (χ0v) is 11.7. The topological polar surface area (TPSA) is 50.4 Å².